The van der Waals surface area contributed by atoms with Gasteiger partial charge in [-0.15, -0.1) is 0 Å². The number of aromatic amines is 1. The van der Waals surface area contributed by atoms with Crippen molar-refractivity contribution in [2.24, 2.45) is 0 Å². The molecule has 0 unspecified atom stereocenters. The van der Waals surface area contributed by atoms with Crippen molar-refractivity contribution in [1.29, 1.82) is 0 Å². The third-order valence-electron chi connectivity index (χ3n) is 4.47. The molecule has 2 heterocycles. The summed E-state index contributed by atoms with van der Waals surface area (Å²) in [6.45, 7) is 1.31. The fraction of sp³-hybridized carbons (Fsp3) is 0.200. The third kappa shape index (κ3) is 5.61. The fourth-order valence-corrected chi connectivity index (χ4v) is 2.94. The molecular weight excluding hydrogens is 453 g/mol. The maximum Gasteiger partial charge on any atom is 0.416 e. The number of anilines is 1. The van der Waals surface area contributed by atoms with Gasteiger partial charge in [-0.05, 0) is 30.7 Å². The van der Waals surface area contributed by atoms with E-state index in [1.54, 1.807) is 6.92 Å². The number of nitrogens with one attached hydrogen (secondary N) is 3. The van der Waals surface area contributed by atoms with Crippen molar-refractivity contribution in [3.05, 3.63) is 64.6 Å². The monoisotopic (exact) mass is 469 g/mol. The number of pyridine rings is 1. The summed E-state index contributed by atoms with van der Waals surface area (Å²) in [4.78, 5) is 33.7. The van der Waals surface area contributed by atoms with E-state index < -0.39 is 41.4 Å². The van der Waals surface area contributed by atoms with E-state index in [9.17, 15) is 31.5 Å². The Morgan fingerprint density at radius 3 is 2.42 bits per heavy atom. The Morgan fingerprint density at radius 2 is 1.85 bits per heavy atom. The van der Waals surface area contributed by atoms with E-state index in [2.05, 4.69) is 20.3 Å². The maximum atomic E-state index is 13.3. The van der Waals surface area contributed by atoms with Gasteiger partial charge in [0.15, 0.2) is 0 Å². The molecule has 13 heteroatoms. The van der Waals surface area contributed by atoms with Crippen LogP contribution in [0.25, 0.3) is 11.3 Å². The first-order valence-corrected chi connectivity index (χ1v) is 9.25. The molecule has 0 atom stereocenters. The lowest BCUT2D eigenvalue weighted by molar-refractivity contribution is -0.137. The molecule has 3 aromatic rings. The van der Waals surface area contributed by atoms with Gasteiger partial charge in [-0.25, -0.2) is 18.6 Å². The number of benzene rings is 1. The summed E-state index contributed by atoms with van der Waals surface area (Å²) in [6.07, 6.45) is -7.90. The summed E-state index contributed by atoms with van der Waals surface area (Å²) >= 11 is 0. The predicted molar refractivity (Wildman–Crippen MR) is 106 cm³/mol. The third-order valence-corrected chi connectivity index (χ3v) is 4.47. The fourth-order valence-electron chi connectivity index (χ4n) is 2.94. The average molecular weight is 469 g/mol. The highest BCUT2D eigenvalue weighted by molar-refractivity contribution is 6.04. The van der Waals surface area contributed by atoms with Crippen molar-refractivity contribution in [3.63, 3.8) is 0 Å². The number of amides is 2. The minimum atomic E-state index is -4.50. The zero-order chi connectivity index (χ0) is 24.3. The first kappa shape index (κ1) is 23.6. The first-order valence-electron chi connectivity index (χ1n) is 9.25. The molecule has 4 N–H and O–H groups in total. The smallest absolute Gasteiger partial charge is 0.416 e. The number of carbonyl (C=O) groups excluding carboxylic acids is 1. The lowest BCUT2D eigenvalue weighted by Gasteiger charge is -2.10. The molecule has 0 saturated carbocycles. The van der Waals surface area contributed by atoms with Gasteiger partial charge in [0, 0.05) is 24.0 Å². The van der Waals surface area contributed by atoms with Crippen molar-refractivity contribution in [2.75, 3.05) is 5.32 Å². The molecule has 0 bridgehead atoms. The zero-order valence-electron chi connectivity index (χ0n) is 16.8. The molecule has 0 fully saturated rings. The normalized spacial score (nSPS) is 11.5. The summed E-state index contributed by atoms with van der Waals surface area (Å²) in [6, 6.07) is 5.29. The van der Waals surface area contributed by atoms with Crippen LogP contribution in [0.2, 0.25) is 0 Å². The summed E-state index contributed by atoms with van der Waals surface area (Å²) in [5, 5.41) is 13.0. The van der Waals surface area contributed by atoms with E-state index >= 15 is 0 Å². The number of imidazole rings is 1. The van der Waals surface area contributed by atoms with E-state index in [0.29, 0.717) is 11.3 Å². The second kappa shape index (κ2) is 9.22. The Bertz CT molecular complexity index is 1180. The van der Waals surface area contributed by atoms with Crippen molar-refractivity contribution in [3.8, 4) is 11.3 Å². The molecule has 3 rings (SSSR count). The van der Waals surface area contributed by atoms with Gasteiger partial charge in [-0.2, -0.15) is 13.2 Å². The van der Waals surface area contributed by atoms with Crippen LogP contribution in [0, 0.1) is 6.92 Å². The SMILES string of the molecule is Cc1[nH]c(NC(=O)c2cc(CNC(=O)O)cnc2C(F)F)nc1-c1ccc(C(F)(F)F)cc1. The Hall–Kier alpha value is -4.03. The van der Waals surface area contributed by atoms with Crippen LogP contribution in [0.5, 0.6) is 0 Å². The topological polar surface area (TPSA) is 120 Å². The summed E-state index contributed by atoms with van der Waals surface area (Å²) in [7, 11) is 0. The molecule has 2 amide bonds. The van der Waals surface area contributed by atoms with E-state index in [-0.39, 0.29) is 23.8 Å². The molecule has 2 aromatic heterocycles. The number of hydrogen-bond donors (Lipinski definition) is 4. The number of halogens is 5. The van der Waals surface area contributed by atoms with Gasteiger partial charge >= 0.3 is 12.3 Å². The van der Waals surface area contributed by atoms with E-state index in [1.807, 2.05) is 5.32 Å². The Labute approximate surface area is 182 Å². The van der Waals surface area contributed by atoms with E-state index in [0.717, 1.165) is 24.4 Å². The second-order valence-corrected chi connectivity index (χ2v) is 6.82. The lowest BCUT2D eigenvalue weighted by Crippen LogP contribution is -2.21. The molecule has 33 heavy (non-hydrogen) atoms. The summed E-state index contributed by atoms with van der Waals surface area (Å²) in [5.74, 6) is -1.11. The van der Waals surface area contributed by atoms with Crippen LogP contribution in [0.4, 0.5) is 32.7 Å². The van der Waals surface area contributed by atoms with Gasteiger partial charge < -0.3 is 15.4 Å². The van der Waals surface area contributed by atoms with Gasteiger partial charge in [-0.1, -0.05) is 12.1 Å². The maximum absolute atomic E-state index is 13.3. The highest BCUT2D eigenvalue weighted by Crippen LogP contribution is 2.31. The number of hydrogen-bond acceptors (Lipinski definition) is 4. The molecule has 0 spiro atoms. The minimum absolute atomic E-state index is 0.123. The minimum Gasteiger partial charge on any atom is -0.465 e. The molecule has 1 aromatic carbocycles. The number of alkyl halides is 5. The van der Waals surface area contributed by atoms with Crippen molar-refractivity contribution in [1.82, 2.24) is 20.3 Å². The van der Waals surface area contributed by atoms with Crippen LogP contribution in [0.3, 0.4) is 0 Å². The number of aromatic nitrogens is 3. The Morgan fingerprint density at radius 1 is 1.18 bits per heavy atom. The van der Waals surface area contributed by atoms with Crippen LogP contribution in [0.1, 0.15) is 39.3 Å². The Balaban J connectivity index is 1.85. The van der Waals surface area contributed by atoms with Gasteiger partial charge in [-0.3, -0.25) is 15.1 Å². The molecule has 0 saturated heterocycles. The molecule has 8 nitrogen and oxygen atoms in total. The zero-order valence-corrected chi connectivity index (χ0v) is 16.8. The van der Waals surface area contributed by atoms with E-state index in [4.69, 9.17) is 5.11 Å². The lowest BCUT2D eigenvalue weighted by atomic mass is 10.1. The second-order valence-electron chi connectivity index (χ2n) is 6.82. The standard InChI is InChI=1S/C20H16F5N5O3/c1-9-14(11-2-4-12(5-3-11)20(23,24)25)29-18(28-9)30-17(31)13-6-10(8-27-19(32)33)7-26-15(13)16(21)22/h2-7,16,27H,8H2,1H3,(H,32,33)(H2,28,29,30,31). The predicted octanol–water partition coefficient (Wildman–Crippen LogP) is 4.76. The molecule has 0 aliphatic rings. The number of carbonyl (C=O) groups is 2. The first-order chi connectivity index (χ1) is 15.5. The molecule has 0 aliphatic heterocycles. The average Bonchev–Trinajstić information content (AvgIpc) is 3.11. The highest BCUT2D eigenvalue weighted by Gasteiger charge is 2.30. The quantitative estimate of drug-likeness (QED) is 0.388. The number of carboxylic acid groups (broad SMARTS) is 1. The summed E-state index contributed by atoms with van der Waals surface area (Å²) < 4.78 is 64.9. The van der Waals surface area contributed by atoms with E-state index in [1.165, 1.54) is 12.1 Å². The van der Waals surface area contributed by atoms with Crippen molar-refractivity contribution < 1.29 is 36.6 Å². The Kier molecular flexibility index (Phi) is 6.60. The van der Waals surface area contributed by atoms with Crippen LogP contribution >= 0.6 is 0 Å². The molecule has 0 radical (unpaired) electrons. The van der Waals surface area contributed by atoms with Crippen molar-refractivity contribution in [2.45, 2.75) is 26.1 Å². The number of H-pyrrole nitrogens is 1. The number of aryl methyl sites for hydroxylation is 1. The van der Waals surface area contributed by atoms with Crippen LogP contribution in [-0.2, 0) is 12.7 Å². The number of nitrogens with zero attached hydrogens (tertiary/aromatic N) is 2. The molecular formula is C20H16F5N5O3. The van der Waals surface area contributed by atoms with Crippen LogP contribution in [-0.4, -0.2) is 32.1 Å². The van der Waals surface area contributed by atoms with Crippen LogP contribution in [0.15, 0.2) is 36.5 Å². The number of rotatable bonds is 6. The molecule has 0 aliphatic carbocycles. The van der Waals surface area contributed by atoms with Crippen molar-refractivity contribution >= 4 is 17.9 Å². The van der Waals surface area contributed by atoms with Gasteiger partial charge in [0.25, 0.3) is 12.3 Å². The highest BCUT2D eigenvalue weighted by atomic mass is 19.4. The van der Waals surface area contributed by atoms with Crippen LogP contribution < -0.4 is 10.6 Å². The van der Waals surface area contributed by atoms with Gasteiger partial charge in [0.05, 0.1) is 16.8 Å². The van der Waals surface area contributed by atoms with Gasteiger partial charge in [0.1, 0.15) is 5.69 Å². The summed E-state index contributed by atoms with van der Waals surface area (Å²) in [5.41, 5.74) is -0.945. The largest absolute Gasteiger partial charge is 0.465 e. The molecule has 174 valence electrons. The van der Waals surface area contributed by atoms with Gasteiger partial charge in [0.2, 0.25) is 5.95 Å².